The Bertz CT molecular complexity index is 688. The molecule has 0 saturated heterocycles. The van der Waals surface area contributed by atoms with E-state index in [0.29, 0.717) is 0 Å². The molecule has 1 aromatic carbocycles. The largest absolute Gasteiger partial charge is 0.411 e. The van der Waals surface area contributed by atoms with E-state index in [1.54, 1.807) is 11.1 Å². The van der Waals surface area contributed by atoms with Gasteiger partial charge in [-0.05, 0) is 56.6 Å². The third-order valence-electron chi connectivity index (χ3n) is 6.74. The Morgan fingerprint density at radius 3 is 1.81 bits per heavy atom. The first-order valence-electron chi connectivity index (χ1n) is 10.5. The predicted octanol–water partition coefficient (Wildman–Crippen LogP) is 7.68. The Morgan fingerprint density at radius 2 is 1.41 bits per heavy atom. The number of hydrogen-bond acceptors (Lipinski definition) is 1. The smallest absolute Gasteiger partial charge is 0.184 e. The van der Waals surface area contributed by atoms with Crippen LogP contribution in [0.3, 0.4) is 0 Å². The molecule has 0 amide bonds. The highest BCUT2D eigenvalue weighted by molar-refractivity contribution is 7.43. The third-order valence-corrected chi connectivity index (χ3v) is 27.7. The Balaban J connectivity index is 2.99. The summed E-state index contributed by atoms with van der Waals surface area (Å²) in [5.74, 6) is 0. The van der Waals surface area contributed by atoms with Crippen LogP contribution in [-0.4, -0.2) is 23.5 Å². The number of hydrogen-bond donors (Lipinski definition) is 0. The SMILES string of the molecule is CC1=C(C)C[Si@@](C(C)(C)C)([Si](C)(C)C)[C@@](O[Si](C)(C)C)(c2ccccc2)C1. The molecule has 0 N–H and O–H groups in total. The minimum Gasteiger partial charge on any atom is -0.411 e. The van der Waals surface area contributed by atoms with Crippen molar-refractivity contribution in [3.8, 4) is 0 Å². The minimum absolute atomic E-state index is 0.106. The molecular weight excluding hydrogens is 377 g/mol. The normalized spacial score (nSPS) is 27.8. The quantitative estimate of drug-likeness (QED) is 0.360. The summed E-state index contributed by atoms with van der Waals surface area (Å²) in [6.45, 7) is 27.3. The van der Waals surface area contributed by atoms with Gasteiger partial charge in [0.25, 0.3) is 0 Å². The second-order valence-electron chi connectivity index (χ2n) is 11.7. The van der Waals surface area contributed by atoms with Gasteiger partial charge >= 0.3 is 0 Å². The molecule has 0 fully saturated rings. The van der Waals surface area contributed by atoms with E-state index in [-0.39, 0.29) is 10.3 Å². The first-order valence-corrected chi connectivity index (χ1v) is 20.6. The summed E-state index contributed by atoms with van der Waals surface area (Å²) < 4.78 is 7.44. The van der Waals surface area contributed by atoms with E-state index in [1.807, 2.05) is 0 Å². The van der Waals surface area contributed by atoms with Crippen LogP contribution in [0.5, 0.6) is 0 Å². The van der Waals surface area contributed by atoms with Gasteiger partial charge in [0.05, 0.1) is 12.8 Å². The van der Waals surface area contributed by atoms with Crippen molar-refractivity contribution in [1.82, 2.24) is 0 Å². The zero-order chi connectivity index (χ0) is 20.9. The van der Waals surface area contributed by atoms with Crippen molar-refractivity contribution in [2.45, 2.75) is 96.6 Å². The van der Waals surface area contributed by atoms with E-state index >= 15 is 0 Å². The van der Waals surface area contributed by atoms with Crippen molar-refractivity contribution in [2.24, 2.45) is 0 Å². The zero-order valence-corrected chi connectivity index (χ0v) is 22.7. The van der Waals surface area contributed by atoms with Crippen LogP contribution in [0.1, 0.15) is 46.6 Å². The fourth-order valence-corrected chi connectivity index (χ4v) is 31.1. The van der Waals surface area contributed by atoms with E-state index in [2.05, 4.69) is 104 Å². The van der Waals surface area contributed by atoms with Gasteiger partial charge < -0.3 is 4.43 Å². The van der Waals surface area contributed by atoms with E-state index in [0.717, 1.165) is 6.42 Å². The standard InChI is InChI=1S/C23H42OSi3/c1-19-17-23(24-25(6,7)8,21-15-13-12-14-16-21)27(18-20(19)2,22(3,4)5)26(9,10)11/h12-16H,17-18H2,1-11H3/t23-,27+/m1/s1. The van der Waals surface area contributed by atoms with Crippen molar-refractivity contribution in [2.75, 3.05) is 0 Å². The molecule has 0 unspecified atom stereocenters. The monoisotopic (exact) mass is 418 g/mol. The van der Waals surface area contributed by atoms with E-state index in [4.69, 9.17) is 4.43 Å². The maximum atomic E-state index is 7.44. The van der Waals surface area contributed by atoms with Crippen molar-refractivity contribution < 1.29 is 4.43 Å². The molecule has 1 aromatic rings. The van der Waals surface area contributed by atoms with Gasteiger partial charge in [0.2, 0.25) is 0 Å². The van der Waals surface area contributed by atoms with Crippen LogP contribution in [-0.2, 0) is 9.65 Å². The van der Waals surface area contributed by atoms with Crippen LogP contribution >= 0.6 is 0 Å². The fraction of sp³-hybridized carbons (Fsp3) is 0.652. The molecule has 2 atom stereocenters. The topological polar surface area (TPSA) is 9.23 Å². The molecule has 1 aliphatic heterocycles. The molecule has 0 spiro atoms. The summed E-state index contributed by atoms with van der Waals surface area (Å²) in [4.78, 5) is 0. The van der Waals surface area contributed by atoms with Gasteiger partial charge in [-0.1, -0.05) is 81.9 Å². The van der Waals surface area contributed by atoms with Crippen molar-refractivity contribution >= 4 is 23.5 Å². The van der Waals surface area contributed by atoms with Crippen LogP contribution in [0.4, 0.5) is 0 Å². The second kappa shape index (κ2) is 7.12. The van der Waals surface area contributed by atoms with E-state index in [9.17, 15) is 0 Å². The summed E-state index contributed by atoms with van der Waals surface area (Å²) in [6.07, 6.45) is 1.08. The van der Waals surface area contributed by atoms with Gasteiger partial charge in [0.1, 0.15) is 0 Å². The highest BCUT2D eigenvalue weighted by atomic mass is 29.3. The molecule has 1 heterocycles. The Labute approximate surface area is 171 Å². The Morgan fingerprint density at radius 1 is 0.889 bits per heavy atom. The van der Waals surface area contributed by atoms with Crippen molar-refractivity contribution in [1.29, 1.82) is 0 Å². The summed E-state index contributed by atoms with van der Waals surface area (Å²) in [5.41, 5.74) is 4.65. The van der Waals surface area contributed by atoms with Gasteiger partial charge in [0, 0.05) is 7.59 Å². The molecule has 0 bridgehead atoms. The summed E-state index contributed by atoms with van der Waals surface area (Å²) in [5, 5.41) is 0.181. The van der Waals surface area contributed by atoms with Gasteiger partial charge in [-0.2, -0.15) is 0 Å². The molecule has 4 heteroatoms. The summed E-state index contributed by atoms with van der Waals surface area (Å²) in [6, 6.07) is 12.6. The zero-order valence-electron chi connectivity index (χ0n) is 19.7. The molecule has 0 aromatic heterocycles. The fourth-order valence-electron chi connectivity index (χ4n) is 5.99. The van der Waals surface area contributed by atoms with E-state index in [1.165, 1.54) is 11.6 Å². The maximum Gasteiger partial charge on any atom is 0.184 e. The first-order chi connectivity index (χ1) is 12.1. The first kappa shape index (κ1) is 22.9. The highest BCUT2D eigenvalue weighted by Gasteiger charge is 2.68. The molecule has 0 radical (unpaired) electrons. The molecule has 1 aliphatic rings. The lowest BCUT2D eigenvalue weighted by atomic mass is 9.98. The molecule has 1 nitrogen and oxygen atoms in total. The van der Waals surface area contributed by atoms with Crippen molar-refractivity contribution in [3.05, 3.63) is 47.0 Å². The van der Waals surface area contributed by atoms with Gasteiger partial charge in [-0.15, -0.1) is 0 Å². The van der Waals surface area contributed by atoms with Crippen LogP contribution in [0, 0.1) is 0 Å². The molecule has 0 aliphatic carbocycles. The number of benzene rings is 1. The van der Waals surface area contributed by atoms with Gasteiger partial charge in [-0.3, -0.25) is 0 Å². The molecule has 27 heavy (non-hydrogen) atoms. The predicted molar refractivity (Wildman–Crippen MR) is 129 cm³/mol. The third kappa shape index (κ3) is 3.87. The lowest BCUT2D eigenvalue weighted by Gasteiger charge is -2.65. The van der Waals surface area contributed by atoms with Crippen LogP contribution < -0.4 is 0 Å². The summed E-state index contributed by atoms with van der Waals surface area (Å²) >= 11 is 0. The molecular formula is C23H42OSi3. The average molecular weight is 419 g/mol. The number of allylic oxidation sites excluding steroid dienone is 1. The van der Waals surface area contributed by atoms with Gasteiger partial charge in [-0.25, -0.2) is 0 Å². The Hall–Kier alpha value is -0.429. The van der Waals surface area contributed by atoms with Gasteiger partial charge in [0.15, 0.2) is 8.32 Å². The highest BCUT2D eigenvalue weighted by Crippen LogP contribution is 2.61. The molecule has 2 rings (SSSR count). The molecule has 152 valence electrons. The maximum absolute atomic E-state index is 7.44. The molecule has 0 saturated carbocycles. The summed E-state index contributed by atoms with van der Waals surface area (Å²) in [7, 11) is -5.22. The van der Waals surface area contributed by atoms with E-state index < -0.39 is 23.5 Å². The lowest BCUT2D eigenvalue weighted by molar-refractivity contribution is 0.128. The number of rotatable bonds is 4. The van der Waals surface area contributed by atoms with Crippen LogP contribution in [0.15, 0.2) is 41.5 Å². The average Bonchev–Trinajstić information content (AvgIpc) is 2.47. The van der Waals surface area contributed by atoms with Crippen LogP contribution in [0.2, 0.25) is 50.4 Å². The Kier molecular flexibility index (Phi) is 6.03. The van der Waals surface area contributed by atoms with Crippen molar-refractivity contribution in [3.63, 3.8) is 0 Å². The lowest BCUT2D eigenvalue weighted by Crippen LogP contribution is -2.77. The van der Waals surface area contributed by atoms with Crippen LogP contribution in [0.25, 0.3) is 0 Å². The minimum atomic E-state index is -1.93. The second-order valence-corrected chi connectivity index (χ2v) is 32.2.